The lowest BCUT2D eigenvalue weighted by Crippen LogP contribution is -2.46. The van der Waals surface area contributed by atoms with Gasteiger partial charge in [-0.25, -0.2) is 13.4 Å². The average Bonchev–Trinajstić information content (AvgIpc) is 2.89. The first-order valence-corrected chi connectivity index (χ1v) is 13.1. The number of hydrogen-bond donors (Lipinski definition) is 0. The van der Waals surface area contributed by atoms with Gasteiger partial charge in [0.25, 0.3) is 0 Å². The molecular weight excluding hydrogens is 462 g/mol. The van der Waals surface area contributed by atoms with Crippen molar-refractivity contribution in [1.29, 1.82) is 0 Å². The number of rotatable bonds is 5. The minimum Gasteiger partial charge on any atom is -0.379 e. The Morgan fingerprint density at radius 1 is 0.857 bits per heavy atom. The van der Waals surface area contributed by atoms with Gasteiger partial charge in [0.05, 0.1) is 35.0 Å². The van der Waals surface area contributed by atoms with E-state index in [0.29, 0.717) is 26.3 Å². The van der Waals surface area contributed by atoms with Crippen molar-refractivity contribution in [3.63, 3.8) is 0 Å². The van der Waals surface area contributed by atoms with Crippen LogP contribution in [0.3, 0.4) is 0 Å². The number of morpholine rings is 1. The summed E-state index contributed by atoms with van der Waals surface area (Å²) >= 11 is 0. The number of ether oxygens (including phenoxy) is 1. The first-order valence-electron chi connectivity index (χ1n) is 11.7. The zero-order chi connectivity index (χ0) is 23.8. The fourth-order valence-electron chi connectivity index (χ4n) is 4.66. The van der Waals surface area contributed by atoms with Gasteiger partial charge < -0.3 is 9.64 Å². The van der Waals surface area contributed by atoms with E-state index in [1.165, 1.54) is 4.31 Å². The standard InChI is InChI=1S/C26H25N5O3S/c32-35(33,31-13-15-34-16-14-31)22-8-5-20(6-9-22)25-26(28-12-11-27-25)21-17-30(18-21)24-10-7-19-3-1-2-4-23(19)29-24/h1-12,21H,13-18H2. The van der Waals surface area contributed by atoms with Crippen LogP contribution >= 0.6 is 0 Å². The largest absolute Gasteiger partial charge is 0.379 e. The number of hydrogen-bond acceptors (Lipinski definition) is 7. The second kappa shape index (κ2) is 8.99. The first kappa shape index (κ1) is 22.1. The molecule has 2 fully saturated rings. The molecule has 4 heterocycles. The third kappa shape index (κ3) is 4.16. The highest BCUT2D eigenvalue weighted by Crippen LogP contribution is 2.35. The molecule has 0 aliphatic carbocycles. The molecule has 0 saturated carbocycles. The Hall–Kier alpha value is -3.40. The molecular formula is C26H25N5O3S. The lowest BCUT2D eigenvalue weighted by Gasteiger charge is -2.40. The summed E-state index contributed by atoms with van der Waals surface area (Å²) in [6.07, 6.45) is 3.39. The molecule has 0 spiro atoms. The smallest absolute Gasteiger partial charge is 0.243 e. The molecule has 2 saturated heterocycles. The molecule has 0 N–H and O–H groups in total. The number of fused-ring (bicyclic) bond motifs is 1. The van der Waals surface area contributed by atoms with Gasteiger partial charge in [0.15, 0.2) is 0 Å². The van der Waals surface area contributed by atoms with Gasteiger partial charge in [-0.05, 0) is 30.3 Å². The maximum atomic E-state index is 12.9. The molecule has 0 bridgehead atoms. The fourth-order valence-corrected chi connectivity index (χ4v) is 6.07. The van der Waals surface area contributed by atoms with Crippen LogP contribution in [0.25, 0.3) is 22.2 Å². The summed E-state index contributed by atoms with van der Waals surface area (Å²) in [4.78, 5) is 16.6. The van der Waals surface area contributed by atoms with E-state index in [0.717, 1.165) is 46.8 Å². The number of para-hydroxylation sites is 1. The van der Waals surface area contributed by atoms with E-state index in [1.807, 2.05) is 30.3 Å². The Labute approximate surface area is 204 Å². The van der Waals surface area contributed by atoms with Crippen molar-refractivity contribution in [2.45, 2.75) is 10.8 Å². The average molecular weight is 488 g/mol. The Bertz CT molecular complexity index is 1460. The number of benzene rings is 2. The first-order chi connectivity index (χ1) is 17.1. The third-order valence-corrected chi connectivity index (χ3v) is 8.55. The van der Waals surface area contributed by atoms with Crippen LogP contribution in [0.1, 0.15) is 11.6 Å². The molecule has 0 amide bonds. The molecule has 0 radical (unpaired) electrons. The highest BCUT2D eigenvalue weighted by atomic mass is 32.2. The number of aromatic nitrogens is 3. The van der Waals surface area contributed by atoms with Crippen LogP contribution in [0.2, 0.25) is 0 Å². The SMILES string of the molecule is O=S(=O)(c1ccc(-c2nccnc2C2CN(c3ccc4ccccc4n3)C2)cc1)N1CCOCC1. The minimum atomic E-state index is -3.53. The van der Waals surface area contributed by atoms with E-state index in [-0.39, 0.29) is 10.8 Å². The van der Waals surface area contributed by atoms with Crippen LogP contribution in [0, 0.1) is 0 Å². The quantitative estimate of drug-likeness (QED) is 0.427. The van der Waals surface area contributed by atoms with Crippen LogP contribution in [0.4, 0.5) is 5.82 Å². The van der Waals surface area contributed by atoms with Crippen molar-refractivity contribution in [2.24, 2.45) is 0 Å². The molecule has 2 aromatic heterocycles. The zero-order valence-corrected chi connectivity index (χ0v) is 19.9. The van der Waals surface area contributed by atoms with Gasteiger partial charge in [-0.2, -0.15) is 4.31 Å². The number of anilines is 1. The third-order valence-electron chi connectivity index (χ3n) is 6.64. The predicted molar refractivity (Wildman–Crippen MR) is 134 cm³/mol. The number of sulfonamides is 1. The van der Waals surface area contributed by atoms with Crippen molar-refractivity contribution in [1.82, 2.24) is 19.3 Å². The van der Waals surface area contributed by atoms with Crippen LogP contribution in [0.15, 0.2) is 78.0 Å². The Kier molecular flexibility index (Phi) is 5.68. The molecule has 0 atom stereocenters. The summed E-state index contributed by atoms with van der Waals surface area (Å²) in [7, 11) is -3.53. The summed E-state index contributed by atoms with van der Waals surface area (Å²) < 4.78 is 32.7. The molecule has 2 aliphatic rings. The van der Waals surface area contributed by atoms with Crippen LogP contribution < -0.4 is 4.90 Å². The van der Waals surface area contributed by atoms with Crippen molar-refractivity contribution >= 4 is 26.7 Å². The fraction of sp³-hybridized carbons (Fsp3) is 0.269. The van der Waals surface area contributed by atoms with E-state index >= 15 is 0 Å². The van der Waals surface area contributed by atoms with Crippen molar-refractivity contribution < 1.29 is 13.2 Å². The maximum Gasteiger partial charge on any atom is 0.243 e. The van der Waals surface area contributed by atoms with Gasteiger partial charge in [0.2, 0.25) is 10.0 Å². The molecule has 2 aromatic carbocycles. The van der Waals surface area contributed by atoms with Crippen molar-refractivity contribution in [2.75, 3.05) is 44.3 Å². The molecule has 6 rings (SSSR count). The predicted octanol–water partition coefficient (Wildman–Crippen LogP) is 3.32. The molecule has 35 heavy (non-hydrogen) atoms. The number of pyridine rings is 1. The molecule has 9 heteroatoms. The van der Waals surface area contributed by atoms with E-state index in [9.17, 15) is 8.42 Å². The Balaban J connectivity index is 1.21. The van der Waals surface area contributed by atoms with Gasteiger partial charge in [0.1, 0.15) is 5.82 Å². The Morgan fingerprint density at radius 3 is 2.40 bits per heavy atom. The summed E-state index contributed by atoms with van der Waals surface area (Å²) in [5.41, 5.74) is 3.56. The van der Waals surface area contributed by atoms with E-state index in [4.69, 9.17) is 9.72 Å². The normalized spacial score (nSPS) is 17.4. The summed E-state index contributed by atoms with van der Waals surface area (Å²) in [5.74, 6) is 1.19. The van der Waals surface area contributed by atoms with Crippen LogP contribution in [-0.2, 0) is 14.8 Å². The number of nitrogens with zero attached hydrogens (tertiary/aromatic N) is 5. The summed E-state index contributed by atoms with van der Waals surface area (Å²) in [6, 6.07) is 19.2. The van der Waals surface area contributed by atoms with Gasteiger partial charge in [0, 0.05) is 55.4 Å². The van der Waals surface area contributed by atoms with E-state index < -0.39 is 10.0 Å². The minimum absolute atomic E-state index is 0.226. The second-order valence-electron chi connectivity index (χ2n) is 8.80. The summed E-state index contributed by atoms with van der Waals surface area (Å²) in [6.45, 7) is 3.22. The molecule has 0 unspecified atom stereocenters. The van der Waals surface area contributed by atoms with Crippen LogP contribution in [-0.4, -0.2) is 67.1 Å². The van der Waals surface area contributed by atoms with E-state index in [2.05, 4.69) is 33.1 Å². The van der Waals surface area contributed by atoms with Crippen molar-refractivity contribution in [3.05, 3.63) is 78.8 Å². The van der Waals surface area contributed by atoms with Crippen molar-refractivity contribution in [3.8, 4) is 11.3 Å². The van der Waals surface area contributed by atoms with Crippen LogP contribution in [0.5, 0.6) is 0 Å². The lowest BCUT2D eigenvalue weighted by molar-refractivity contribution is 0.0730. The zero-order valence-electron chi connectivity index (χ0n) is 19.1. The van der Waals surface area contributed by atoms with Gasteiger partial charge in [-0.15, -0.1) is 0 Å². The summed E-state index contributed by atoms with van der Waals surface area (Å²) in [5, 5.41) is 1.13. The highest BCUT2D eigenvalue weighted by Gasteiger charge is 2.33. The monoisotopic (exact) mass is 487 g/mol. The molecule has 8 nitrogen and oxygen atoms in total. The van der Waals surface area contributed by atoms with Gasteiger partial charge >= 0.3 is 0 Å². The molecule has 178 valence electrons. The molecule has 2 aliphatic heterocycles. The maximum absolute atomic E-state index is 12.9. The van der Waals surface area contributed by atoms with Gasteiger partial charge in [-0.1, -0.05) is 30.3 Å². The highest BCUT2D eigenvalue weighted by molar-refractivity contribution is 7.89. The lowest BCUT2D eigenvalue weighted by atomic mass is 9.92. The topological polar surface area (TPSA) is 88.5 Å². The Morgan fingerprint density at radius 2 is 1.60 bits per heavy atom. The second-order valence-corrected chi connectivity index (χ2v) is 10.7. The van der Waals surface area contributed by atoms with E-state index in [1.54, 1.807) is 24.5 Å². The molecule has 4 aromatic rings. The van der Waals surface area contributed by atoms with Gasteiger partial charge in [-0.3, -0.25) is 9.97 Å².